The molecule has 5 heteroatoms. The van der Waals surface area contributed by atoms with E-state index in [4.69, 9.17) is 0 Å². The van der Waals surface area contributed by atoms with Crippen LogP contribution in [0.5, 0.6) is 0 Å². The Kier molecular flexibility index (Phi) is 1.32. The molecule has 0 fully saturated rings. The summed E-state index contributed by atoms with van der Waals surface area (Å²) in [5, 5.41) is 0.910. The van der Waals surface area contributed by atoms with E-state index in [-0.39, 0.29) is 0 Å². The fourth-order valence-electron chi connectivity index (χ4n) is 1.10. The molecular formula is C7H6N2O2S. The van der Waals surface area contributed by atoms with Gasteiger partial charge in [-0.3, -0.25) is 0 Å². The molecule has 1 aromatic rings. The fourth-order valence-corrected chi connectivity index (χ4v) is 2.00. The van der Waals surface area contributed by atoms with Gasteiger partial charge in [0, 0.05) is 0 Å². The van der Waals surface area contributed by atoms with Crippen LogP contribution < -0.4 is 10.7 Å². The van der Waals surface area contributed by atoms with Crippen LogP contribution in [0.2, 0.25) is 0 Å². The lowest BCUT2D eigenvalue weighted by molar-refractivity contribution is 0.599. The highest BCUT2D eigenvalue weighted by Gasteiger charge is 2.11. The lowest BCUT2D eigenvalue weighted by Crippen LogP contribution is -2.23. The van der Waals surface area contributed by atoms with E-state index in [9.17, 15) is 8.42 Å². The molecule has 0 bridgehead atoms. The van der Waals surface area contributed by atoms with E-state index in [2.05, 4.69) is 8.80 Å². The van der Waals surface area contributed by atoms with Crippen molar-refractivity contribution in [1.29, 1.82) is 0 Å². The molecule has 0 aromatic heterocycles. The van der Waals surface area contributed by atoms with Crippen LogP contribution in [-0.2, 0) is 10.2 Å². The molecule has 1 aliphatic rings. The molecule has 0 spiro atoms. The quantitative estimate of drug-likeness (QED) is 0.542. The van der Waals surface area contributed by atoms with Gasteiger partial charge in [-0.1, -0.05) is 12.1 Å². The average molecular weight is 182 g/mol. The molecule has 0 amide bonds. The zero-order chi connectivity index (χ0) is 8.77. The number of nitrogens with zero attached hydrogens (tertiary/aromatic N) is 2. The first kappa shape index (κ1) is 7.42. The number of hydrogen-bond acceptors (Lipinski definition) is 2. The van der Waals surface area contributed by atoms with Gasteiger partial charge in [0.2, 0.25) is 0 Å². The molecule has 0 saturated carbocycles. The molecule has 0 N–H and O–H groups in total. The fraction of sp³-hybridized carbons (Fsp3) is 0.143. The van der Waals surface area contributed by atoms with E-state index in [1.54, 1.807) is 25.1 Å². The van der Waals surface area contributed by atoms with Crippen molar-refractivity contribution in [1.82, 2.24) is 0 Å². The Bertz CT molecular complexity index is 545. The molecule has 4 nitrogen and oxygen atoms in total. The van der Waals surface area contributed by atoms with Crippen molar-refractivity contribution in [2.24, 2.45) is 8.80 Å². The first-order valence-corrected chi connectivity index (χ1v) is 4.79. The largest absolute Gasteiger partial charge is 0.364 e. The summed E-state index contributed by atoms with van der Waals surface area (Å²) < 4.78 is 28.8. The second-order valence-electron chi connectivity index (χ2n) is 2.57. The minimum Gasteiger partial charge on any atom is -0.179 e. The first-order chi connectivity index (χ1) is 5.58. The van der Waals surface area contributed by atoms with Gasteiger partial charge in [0.1, 0.15) is 10.7 Å². The van der Waals surface area contributed by atoms with Gasteiger partial charge in [-0.15, -0.1) is 8.80 Å². The van der Waals surface area contributed by atoms with Crippen LogP contribution in [0.4, 0.5) is 0 Å². The second kappa shape index (κ2) is 2.13. The van der Waals surface area contributed by atoms with Gasteiger partial charge in [0.05, 0.1) is 0 Å². The highest BCUT2D eigenvalue weighted by atomic mass is 32.2. The van der Waals surface area contributed by atoms with Crippen molar-refractivity contribution in [2.75, 3.05) is 0 Å². The summed E-state index contributed by atoms with van der Waals surface area (Å²) in [6.07, 6.45) is 0. The summed E-state index contributed by atoms with van der Waals surface area (Å²) in [5.41, 5.74) is 0.831. The number of hydrogen-bond donors (Lipinski definition) is 0. The van der Waals surface area contributed by atoms with Gasteiger partial charge >= 0.3 is 10.2 Å². The van der Waals surface area contributed by atoms with E-state index in [1.807, 2.05) is 0 Å². The van der Waals surface area contributed by atoms with Crippen molar-refractivity contribution in [3.63, 3.8) is 0 Å². The number of fused-ring (bicyclic) bond motifs is 1. The van der Waals surface area contributed by atoms with E-state index in [0.717, 1.165) is 5.56 Å². The maximum Gasteiger partial charge on any atom is 0.364 e. The van der Waals surface area contributed by atoms with E-state index >= 15 is 0 Å². The summed E-state index contributed by atoms with van der Waals surface area (Å²) >= 11 is 0. The predicted molar refractivity (Wildman–Crippen MR) is 42.4 cm³/mol. The Balaban J connectivity index is 3.05. The van der Waals surface area contributed by atoms with Crippen molar-refractivity contribution in [3.05, 3.63) is 34.5 Å². The third kappa shape index (κ3) is 1.02. The highest BCUT2D eigenvalue weighted by molar-refractivity contribution is 7.88. The van der Waals surface area contributed by atoms with E-state index in [1.165, 1.54) is 0 Å². The van der Waals surface area contributed by atoms with Crippen molar-refractivity contribution in [3.8, 4) is 0 Å². The van der Waals surface area contributed by atoms with Crippen LogP contribution in [0.15, 0.2) is 27.0 Å². The van der Waals surface area contributed by atoms with Crippen LogP contribution in [0.3, 0.4) is 0 Å². The lowest BCUT2D eigenvalue weighted by atomic mass is 10.2. The zero-order valence-corrected chi connectivity index (χ0v) is 7.17. The van der Waals surface area contributed by atoms with Crippen LogP contribution in [0, 0.1) is 6.92 Å². The molecule has 2 rings (SSSR count). The topological polar surface area (TPSA) is 58.9 Å². The Labute approximate surface area is 69.5 Å². The first-order valence-electron chi connectivity index (χ1n) is 3.39. The molecule has 0 radical (unpaired) electrons. The van der Waals surface area contributed by atoms with Gasteiger partial charge in [-0.25, -0.2) is 0 Å². The Morgan fingerprint density at radius 3 is 2.67 bits per heavy atom. The molecule has 0 aliphatic carbocycles. The maximum atomic E-state index is 10.9. The number of aryl methyl sites for hydroxylation is 1. The third-order valence-electron chi connectivity index (χ3n) is 1.64. The predicted octanol–water partition coefficient (Wildman–Crippen LogP) is -0.507. The standard InChI is InChI=1S/C7H6N2O2S/c1-5-3-2-4-6-7(5)9-12(10,11)8-6/h2-4H,1H3. The lowest BCUT2D eigenvalue weighted by Gasteiger charge is -1.85. The summed E-state index contributed by atoms with van der Waals surface area (Å²) in [6.45, 7) is 1.80. The molecule has 12 heavy (non-hydrogen) atoms. The molecule has 1 aromatic carbocycles. The van der Waals surface area contributed by atoms with Crippen molar-refractivity contribution >= 4 is 10.2 Å². The normalized spacial score (nSPS) is 17.8. The molecule has 0 atom stereocenters. The summed E-state index contributed by atoms with van der Waals surface area (Å²) in [5.74, 6) is 0. The zero-order valence-electron chi connectivity index (χ0n) is 6.35. The summed E-state index contributed by atoms with van der Waals surface area (Å²) in [7, 11) is -3.58. The molecular weight excluding hydrogens is 176 g/mol. The van der Waals surface area contributed by atoms with Crippen LogP contribution in [0.1, 0.15) is 5.56 Å². The van der Waals surface area contributed by atoms with Crippen molar-refractivity contribution in [2.45, 2.75) is 6.92 Å². The third-order valence-corrected chi connectivity index (χ3v) is 2.48. The smallest absolute Gasteiger partial charge is 0.179 e. The molecule has 0 saturated heterocycles. The maximum absolute atomic E-state index is 10.9. The van der Waals surface area contributed by atoms with Crippen molar-refractivity contribution < 1.29 is 8.42 Å². The van der Waals surface area contributed by atoms with Gasteiger partial charge in [-0.05, 0) is 18.6 Å². The Morgan fingerprint density at radius 2 is 2.00 bits per heavy atom. The number of rotatable bonds is 0. The number of benzene rings is 1. The van der Waals surface area contributed by atoms with Crippen LogP contribution in [0.25, 0.3) is 0 Å². The van der Waals surface area contributed by atoms with Crippen LogP contribution in [-0.4, -0.2) is 8.42 Å². The van der Waals surface area contributed by atoms with Gasteiger partial charge < -0.3 is 0 Å². The average Bonchev–Trinajstić information content (AvgIpc) is 2.25. The molecule has 1 heterocycles. The minimum atomic E-state index is -3.58. The minimum absolute atomic E-state index is 0.440. The highest BCUT2D eigenvalue weighted by Crippen LogP contribution is 1.96. The summed E-state index contributed by atoms with van der Waals surface area (Å²) in [4.78, 5) is 0. The molecule has 62 valence electrons. The van der Waals surface area contributed by atoms with Gasteiger partial charge in [-0.2, -0.15) is 8.42 Å². The molecule has 1 aliphatic heterocycles. The summed E-state index contributed by atoms with van der Waals surface area (Å²) in [6, 6.07) is 5.20. The SMILES string of the molecule is Cc1cccc2c1=NS(=O)(=O)N=2. The van der Waals surface area contributed by atoms with Gasteiger partial charge in [0.15, 0.2) is 0 Å². The van der Waals surface area contributed by atoms with E-state index in [0.29, 0.717) is 10.7 Å². The Morgan fingerprint density at radius 1 is 1.25 bits per heavy atom. The Hall–Kier alpha value is -1.23. The molecule has 0 unspecified atom stereocenters. The van der Waals surface area contributed by atoms with Crippen LogP contribution >= 0.6 is 0 Å². The monoisotopic (exact) mass is 182 g/mol. The van der Waals surface area contributed by atoms with Gasteiger partial charge in [0.25, 0.3) is 0 Å². The van der Waals surface area contributed by atoms with E-state index < -0.39 is 10.2 Å². The second-order valence-corrected chi connectivity index (χ2v) is 3.83.